The highest BCUT2D eigenvalue weighted by Crippen LogP contribution is 2.15. The molecule has 0 aliphatic heterocycles. The maximum absolute atomic E-state index is 11.9. The molecule has 1 heterocycles. The predicted molar refractivity (Wildman–Crippen MR) is 67.1 cm³/mol. The molecule has 0 saturated carbocycles. The van der Waals surface area contributed by atoms with Crippen LogP contribution in [0, 0.1) is 13.8 Å². The summed E-state index contributed by atoms with van der Waals surface area (Å²) in [6.07, 6.45) is 3.16. The van der Waals surface area contributed by atoms with E-state index in [1.165, 1.54) is 5.56 Å². The fourth-order valence-electron chi connectivity index (χ4n) is 1.59. The van der Waals surface area contributed by atoms with Gasteiger partial charge in [-0.05, 0) is 37.1 Å². The number of nitrogens with zero attached hydrogens (tertiary/aromatic N) is 2. The second-order valence-corrected chi connectivity index (χ2v) is 4.14. The number of hydrogen-bond donors (Lipinski definition) is 1. The molecule has 0 fully saturated rings. The largest absolute Gasteiger partial charge is 0.330 e. The summed E-state index contributed by atoms with van der Waals surface area (Å²) in [5.41, 5.74) is 3.72. The minimum absolute atomic E-state index is 0.145. The molecule has 4 nitrogen and oxygen atoms in total. The maximum atomic E-state index is 11.9. The second-order valence-electron chi connectivity index (χ2n) is 4.14. The van der Waals surface area contributed by atoms with Crippen LogP contribution in [-0.4, -0.2) is 15.5 Å². The zero-order chi connectivity index (χ0) is 12.4. The van der Waals surface area contributed by atoms with E-state index >= 15 is 0 Å². The van der Waals surface area contributed by atoms with Gasteiger partial charge in [-0.3, -0.25) is 4.79 Å². The molecule has 2 aromatic rings. The molecular weight excluding hydrogens is 214 g/mol. The molecule has 1 aromatic heterocycles. The van der Waals surface area contributed by atoms with Crippen LogP contribution in [0.4, 0.5) is 5.69 Å². The Balaban J connectivity index is 2.19. The van der Waals surface area contributed by atoms with Crippen LogP contribution in [0.25, 0.3) is 0 Å². The summed E-state index contributed by atoms with van der Waals surface area (Å²) >= 11 is 0. The Bertz CT molecular complexity index is 558. The van der Waals surface area contributed by atoms with Crippen molar-refractivity contribution in [3.05, 3.63) is 47.5 Å². The van der Waals surface area contributed by atoms with Crippen LogP contribution in [0.5, 0.6) is 0 Å². The molecule has 1 aromatic carbocycles. The molecule has 2 rings (SSSR count). The van der Waals surface area contributed by atoms with E-state index in [9.17, 15) is 4.79 Å². The van der Waals surface area contributed by atoms with Gasteiger partial charge >= 0.3 is 0 Å². The van der Waals surface area contributed by atoms with Crippen molar-refractivity contribution >= 4 is 11.6 Å². The first-order chi connectivity index (χ1) is 8.08. The Kier molecular flexibility index (Phi) is 2.95. The van der Waals surface area contributed by atoms with Crippen molar-refractivity contribution in [1.29, 1.82) is 0 Å². The van der Waals surface area contributed by atoms with Crippen LogP contribution in [-0.2, 0) is 7.05 Å². The Morgan fingerprint density at radius 3 is 2.65 bits per heavy atom. The fourth-order valence-corrected chi connectivity index (χ4v) is 1.59. The zero-order valence-electron chi connectivity index (χ0n) is 10.2. The molecule has 0 spiro atoms. The number of hydrogen-bond acceptors (Lipinski definition) is 2. The highest BCUT2D eigenvalue weighted by Gasteiger charge is 2.09. The number of carbonyl (C=O) groups is 1. The smallest absolute Gasteiger partial charge is 0.273 e. The van der Waals surface area contributed by atoms with E-state index in [4.69, 9.17) is 0 Å². The summed E-state index contributed by atoms with van der Waals surface area (Å²) in [7, 11) is 1.79. The fraction of sp³-hybridized carbons (Fsp3) is 0.231. The van der Waals surface area contributed by atoms with Crippen molar-refractivity contribution in [2.24, 2.45) is 7.05 Å². The van der Waals surface area contributed by atoms with Crippen LogP contribution in [0.15, 0.2) is 30.7 Å². The van der Waals surface area contributed by atoms with E-state index in [0.29, 0.717) is 5.69 Å². The lowest BCUT2D eigenvalue weighted by Gasteiger charge is -2.07. The van der Waals surface area contributed by atoms with Gasteiger partial charge in [-0.25, -0.2) is 4.98 Å². The van der Waals surface area contributed by atoms with Crippen LogP contribution in [0.2, 0.25) is 0 Å². The average Bonchev–Trinajstić information content (AvgIpc) is 2.70. The number of imidazole rings is 1. The van der Waals surface area contributed by atoms with Crippen molar-refractivity contribution in [3.8, 4) is 0 Å². The van der Waals surface area contributed by atoms with E-state index in [0.717, 1.165) is 11.3 Å². The van der Waals surface area contributed by atoms with Crippen molar-refractivity contribution in [3.63, 3.8) is 0 Å². The van der Waals surface area contributed by atoms with Gasteiger partial charge < -0.3 is 9.88 Å². The zero-order valence-corrected chi connectivity index (χ0v) is 10.2. The van der Waals surface area contributed by atoms with E-state index < -0.39 is 0 Å². The van der Waals surface area contributed by atoms with Crippen molar-refractivity contribution in [1.82, 2.24) is 9.55 Å². The molecule has 1 amide bonds. The van der Waals surface area contributed by atoms with Crippen LogP contribution in [0.1, 0.15) is 21.6 Å². The Hall–Kier alpha value is -2.10. The molecular formula is C13H15N3O. The first-order valence-corrected chi connectivity index (χ1v) is 5.43. The van der Waals surface area contributed by atoms with Gasteiger partial charge in [-0.2, -0.15) is 0 Å². The third-order valence-electron chi connectivity index (χ3n) is 2.81. The highest BCUT2D eigenvalue weighted by molar-refractivity contribution is 6.02. The first-order valence-electron chi connectivity index (χ1n) is 5.43. The summed E-state index contributed by atoms with van der Waals surface area (Å²) in [5.74, 6) is -0.145. The van der Waals surface area contributed by atoms with E-state index in [1.807, 2.05) is 32.0 Å². The summed E-state index contributed by atoms with van der Waals surface area (Å²) in [4.78, 5) is 15.8. The lowest BCUT2D eigenvalue weighted by Crippen LogP contribution is -2.15. The number of anilines is 1. The minimum atomic E-state index is -0.145. The van der Waals surface area contributed by atoms with Gasteiger partial charge in [0.1, 0.15) is 5.69 Å². The second kappa shape index (κ2) is 4.41. The Morgan fingerprint density at radius 2 is 2.06 bits per heavy atom. The molecule has 0 aliphatic carbocycles. The van der Waals surface area contributed by atoms with Crippen LogP contribution < -0.4 is 5.32 Å². The standard InChI is InChI=1S/C13H15N3O/c1-9-4-5-11(6-10(9)2)15-13(17)12-7-14-8-16(12)3/h4-8H,1-3H3,(H,15,17). The normalized spacial score (nSPS) is 10.3. The van der Waals surface area contributed by atoms with E-state index in [1.54, 1.807) is 24.1 Å². The number of benzene rings is 1. The van der Waals surface area contributed by atoms with Crippen molar-refractivity contribution < 1.29 is 4.79 Å². The van der Waals surface area contributed by atoms with E-state index in [2.05, 4.69) is 10.3 Å². The van der Waals surface area contributed by atoms with E-state index in [-0.39, 0.29) is 5.91 Å². The number of rotatable bonds is 2. The number of aromatic nitrogens is 2. The number of nitrogens with one attached hydrogen (secondary N) is 1. The lowest BCUT2D eigenvalue weighted by molar-refractivity contribution is 0.101. The summed E-state index contributed by atoms with van der Waals surface area (Å²) in [6, 6.07) is 5.86. The van der Waals surface area contributed by atoms with Gasteiger partial charge in [0, 0.05) is 12.7 Å². The van der Waals surface area contributed by atoms with Gasteiger partial charge in [0.15, 0.2) is 0 Å². The minimum Gasteiger partial charge on any atom is -0.330 e. The van der Waals surface area contributed by atoms with Gasteiger partial charge in [-0.1, -0.05) is 6.07 Å². The Morgan fingerprint density at radius 1 is 1.29 bits per heavy atom. The molecule has 0 aliphatic rings. The molecule has 0 saturated heterocycles. The lowest BCUT2D eigenvalue weighted by atomic mass is 10.1. The topological polar surface area (TPSA) is 46.9 Å². The summed E-state index contributed by atoms with van der Waals surface area (Å²) < 4.78 is 1.69. The SMILES string of the molecule is Cc1ccc(NC(=O)c2cncn2C)cc1C. The van der Waals surface area contributed by atoms with Gasteiger partial charge in [-0.15, -0.1) is 0 Å². The van der Waals surface area contributed by atoms with Gasteiger partial charge in [0.25, 0.3) is 5.91 Å². The van der Waals surface area contributed by atoms with Crippen LogP contribution >= 0.6 is 0 Å². The summed E-state index contributed by atoms with van der Waals surface area (Å²) in [6.45, 7) is 4.07. The average molecular weight is 229 g/mol. The molecule has 17 heavy (non-hydrogen) atoms. The number of aryl methyl sites for hydroxylation is 3. The number of amides is 1. The number of carbonyl (C=O) groups excluding carboxylic acids is 1. The van der Waals surface area contributed by atoms with Crippen molar-refractivity contribution in [2.75, 3.05) is 5.32 Å². The molecule has 1 N–H and O–H groups in total. The molecule has 0 unspecified atom stereocenters. The Labute approximate surface area is 100 Å². The van der Waals surface area contributed by atoms with Crippen LogP contribution in [0.3, 0.4) is 0 Å². The first kappa shape index (κ1) is 11.4. The maximum Gasteiger partial charge on any atom is 0.273 e. The van der Waals surface area contributed by atoms with Gasteiger partial charge in [0.05, 0.1) is 12.5 Å². The highest BCUT2D eigenvalue weighted by atomic mass is 16.1. The van der Waals surface area contributed by atoms with Gasteiger partial charge in [0.2, 0.25) is 0 Å². The third-order valence-corrected chi connectivity index (χ3v) is 2.81. The predicted octanol–water partition coefficient (Wildman–Crippen LogP) is 2.29. The van der Waals surface area contributed by atoms with Crippen molar-refractivity contribution in [2.45, 2.75) is 13.8 Å². The monoisotopic (exact) mass is 229 g/mol. The summed E-state index contributed by atoms with van der Waals surface area (Å²) in [5, 5.41) is 2.85. The third kappa shape index (κ3) is 2.36. The quantitative estimate of drug-likeness (QED) is 0.858. The molecule has 0 atom stereocenters. The molecule has 0 radical (unpaired) electrons. The molecule has 88 valence electrons. The molecule has 4 heteroatoms. The molecule has 0 bridgehead atoms.